The Morgan fingerprint density at radius 2 is 1.90 bits per heavy atom. The molecule has 2 aromatic rings. The minimum Gasteiger partial charge on any atom is -0.356 e. The van der Waals surface area contributed by atoms with Gasteiger partial charge in [-0.1, -0.05) is 12.1 Å². The van der Waals surface area contributed by atoms with Crippen LogP contribution in [0.5, 0.6) is 0 Å². The van der Waals surface area contributed by atoms with E-state index in [9.17, 15) is 9.59 Å². The number of carbonyl (C=O) groups is 2. The largest absolute Gasteiger partial charge is 0.356 e. The van der Waals surface area contributed by atoms with Crippen molar-refractivity contribution in [2.45, 2.75) is 45.2 Å². The third kappa shape index (κ3) is 4.89. The molecule has 0 bridgehead atoms. The first-order chi connectivity index (χ1) is 14.6. The number of nitrogens with zero attached hydrogens (tertiary/aromatic N) is 5. The number of amides is 2. The molecule has 2 aliphatic rings. The standard InChI is InChI=1S/C21H27N7O2.HI/c1-14-24-18-17(10-7-13-28(18)26-14)25-21(22-2)23-11-5-6-12-27-19(29)15-8-3-4-9-16(15)20(27)30;/h3-4,8-9,17H,5-7,10-13H2,1-2H3,(H2,22,23,25);1H. The Bertz CT molecular complexity index is 953. The summed E-state index contributed by atoms with van der Waals surface area (Å²) in [5.41, 5.74) is 1.00. The maximum absolute atomic E-state index is 12.4. The fourth-order valence-electron chi connectivity index (χ4n) is 4.01. The normalized spacial score (nSPS) is 17.8. The van der Waals surface area contributed by atoms with Crippen LogP contribution in [-0.2, 0) is 6.54 Å². The summed E-state index contributed by atoms with van der Waals surface area (Å²) in [6.07, 6.45) is 3.57. The maximum Gasteiger partial charge on any atom is 0.261 e. The quantitative estimate of drug-likeness (QED) is 0.193. The van der Waals surface area contributed by atoms with Crippen molar-refractivity contribution in [3.05, 3.63) is 47.0 Å². The van der Waals surface area contributed by atoms with E-state index in [1.54, 1.807) is 31.3 Å². The highest BCUT2D eigenvalue weighted by Gasteiger charge is 2.34. The van der Waals surface area contributed by atoms with Crippen LogP contribution in [0, 0.1) is 6.92 Å². The third-order valence-electron chi connectivity index (χ3n) is 5.49. The molecule has 4 rings (SSSR count). The van der Waals surface area contributed by atoms with Gasteiger partial charge < -0.3 is 10.6 Å². The lowest BCUT2D eigenvalue weighted by Crippen LogP contribution is -2.42. The highest BCUT2D eigenvalue weighted by atomic mass is 127. The van der Waals surface area contributed by atoms with Crippen LogP contribution in [0.1, 0.15) is 64.1 Å². The number of unbranched alkanes of at least 4 members (excludes halogenated alkanes) is 1. The van der Waals surface area contributed by atoms with Crippen LogP contribution < -0.4 is 10.6 Å². The molecular weight excluding hydrogens is 509 g/mol. The van der Waals surface area contributed by atoms with E-state index in [1.165, 1.54) is 4.90 Å². The van der Waals surface area contributed by atoms with Crippen molar-refractivity contribution in [2.24, 2.45) is 4.99 Å². The molecule has 1 unspecified atom stereocenters. The molecule has 2 aliphatic heterocycles. The summed E-state index contributed by atoms with van der Waals surface area (Å²) in [4.78, 5) is 35.0. The number of rotatable bonds is 6. The second-order valence-electron chi connectivity index (χ2n) is 7.59. The van der Waals surface area contributed by atoms with Gasteiger partial charge in [0.15, 0.2) is 5.96 Å². The van der Waals surface area contributed by atoms with Gasteiger partial charge in [-0.05, 0) is 44.7 Å². The van der Waals surface area contributed by atoms with Gasteiger partial charge >= 0.3 is 0 Å². The van der Waals surface area contributed by atoms with Crippen molar-refractivity contribution in [3.63, 3.8) is 0 Å². The molecule has 0 spiro atoms. The van der Waals surface area contributed by atoms with Crippen LogP contribution in [0.4, 0.5) is 0 Å². The van der Waals surface area contributed by atoms with Crippen molar-refractivity contribution in [3.8, 4) is 0 Å². The minimum absolute atomic E-state index is 0. The zero-order valence-corrected chi connectivity index (χ0v) is 20.1. The molecule has 0 fully saturated rings. The maximum atomic E-state index is 12.4. The number of hydrogen-bond donors (Lipinski definition) is 2. The number of guanidine groups is 1. The van der Waals surface area contributed by atoms with Crippen LogP contribution >= 0.6 is 24.0 Å². The Morgan fingerprint density at radius 1 is 1.19 bits per heavy atom. The summed E-state index contributed by atoms with van der Waals surface area (Å²) in [5.74, 6) is 2.06. The van der Waals surface area contributed by atoms with Crippen LogP contribution in [0.2, 0.25) is 0 Å². The molecule has 9 nitrogen and oxygen atoms in total. The summed E-state index contributed by atoms with van der Waals surface area (Å²) < 4.78 is 1.96. The van der Waals surface area contributed by atoms with E-state index in [1.807, 2.05) is 11.6 Å². The predicted octanol–water partition coefficient (Wildman–Crippen LogP) is 2.28. The average molecular weight is 537 g/mol. The van der Waals surface area contributed by atoms with Crippen LogP contribution in [0.15, 0.2) is 29.3 Å². The Hall–Kier alpha value is -2.50. The zero-order chi connectivity index (χ0) is 21.1. The molecule has 10 heteroatoms. The number of carbonyl (C=O) groups excluding carboxylic acids is 2. The van der Waals surface area contributed by atoms with Crippen molar-refractivity contribution in [1.82, 2.24) is 30.3 Å². The zero-order valence-electron chi connectivity index (χ0n) is 17.8. The van der Waals surface area contributed by atoms with Gasteiger partial charge in [-0.15, -0.1) is 24.0 Å². The Labute approximate surface area is 198 Å². The van der Waals surface area contributed by atoms with Gasteiger partial charge in [0.25, 0.3) is 11.8 Å². The fourth-order valence-corrected chi connectivity index (χ4v) is 4.01. The second kappa shape index (κ2) is 10.2. The monoisotopic (exact) mass is 537 g/mol. The topological polar surface area (TPSA) is 105 Å². The molecule has 0 saturated carbocycles. The van der Waals surface area contributed by atoms with Crippen molar-refractivity contribution in [2.75, 3.05) is 20.1 Å². The van der Waals surface area contributed by atoms with Crippen molar-refractivity contribution in [1.29, 1.82) is 0 Å². The number of nitrogens with one attached hydrogen (secondary N) is 2. The first kappa shape index (κ1) is 23.2. The van der Waals surface area contributed by atoms with E-state index < -0.39 is 0 Å². The summed E-state index contributed by atoms with van der Waals surface area (Å²) in [6.45, 7) is 3.92. The summed E-state index contributed by atoms with van der Waals surface area (Å²) in [7, 11) is 1.74. The lowest BCUT2D eigenvalue weighted by Gasteiger charge is -2.25. The lowest BCUT2D eigenvalue weighted by molar-refractivity contribution is 0.0652. The fraction of sp³-hybridized carbons (Fsp3) is 0.476. The predicted molar refractivity (Wildman–Crippen MR) is 128 cm³/mol. The van der Waals surface area contributed by atoms with E-state index in [2.05, 4.69) is 25.7 Å². The van der Waals surface area contributed by atoms with Gasteiger partial charge in [0.05, 0.1) is 17.2 Å². The molecule has 1 atom stereocenters. The van der Waals surface area contributed by atoms with Crippen LogP contribution in [-0.4, -0.2) is 57.6 Å². The van der Waals surface area contributed by atoms with Gasteiger partial charge in [-0.3, -0.25) is 19.5 Å². The molecular formula is C21H28IN7O2. The number of hydrogen-bond acceptors (Lipinski definition) is 5. The van der Waals surface area contributed by atoms with Crippen molar-refractivity contribution >= 4 is 41.8 Å². The first-order valence-corrected chi connectivity index (χ1v) is 10.4. The molecule has 0 aliphatic carbocycles. The number of aliphatic imine (C=N–C) groups is 1. The third-order valence-corrected chi connectivity index (χ3v) is 5.49. The smallest absolute Gasteiger partial charge is 0.261 e. The summed E-state index contributed by atoms with van der Waals surface area (Å²) >= 11 is 0. The average Bonchev–Trinajstić information content (AvgIpc) is 3.25. The molecule has 31 heavy (non-hydrogen) atoms. The molecule has 2 N–H and O–H groups in total. The number of benzene rings is 1. The molecule has 2 amide bonds. The minimum atomic E-state index is -0.197. The van der Waals surface area contributed by atoms with Gasteiger partial charge in [-0.25, -0.2) is 9.67 Å². The Morgan fingerprint density at radius 3 is 2.58 bits per heavy atom. The second-order valence-corrected chi connectivity index (χ2v) is 7.59. The van der Waals surface area contributed by atoms with Crippen LogP contribution in [0.25, 0.3) is 0 Å². The molecule has 1 aromatic carbocycles. The van der Waals surface area contributed by atoms with Gasteiger partial charge in [0.2, 0.25) is 0 Å². The van der Waals surface area contributed by atoms with Crippen LogP contribution in [0.3, 0.4) is 0 Å². The van der Waals surface area contributed by atoms with Gasteiger partial charge in [-0.2, -0.15) is 5.10 Å². The lowest BCUT2D eigenvalue weighted by atomic mass is 10.1. The number of aryl methyl sites for hydroxylation is 2. The highest BCUT2D eigenvalue weighted by molar-refractivity contribution is 14.0. The molecule has 3 heterocycles. The number of halogens is 1. The van der Waals surface area contributed by atoms with E-state index in [0.29, 0.717) is 24.2 Å². The molecule has 0 saturated heterocycles. The number of aromatic nitrogens is 3. The Kier molecular flexibility index (Phi) is 7.63. The SMILES string of the molecule is CN=C(NCCCCN1C(=O)c2ccccc2C1=O)NC1CCCn2nc(C)nc21.I. The van der Waals surface area contributed by atoms with E-state index in [-0.39, 0.29) is 41.8 Å². The first-order valence-electron chi connectivity index (χ1n) is 10.4. The summed E-state index contributed by atoms with van der Waals surface area (Å²) in [6, 6.07) is 7.07. The van der Waals surface area contributed by atoms with E-state index in [0.717, 1.165) is 49.8 Å². The number of imide groups is 1. The Balaban J connectivity index is 0.00000272. The van der Waals surface area contributed by atoms with Crippen molar-refractivity contribution < 1.29 is 9.59 Å². The van der Waals surface area contributed by atoms with Gasteiger partial charge in [0.1, 0.15) is 11.6 Å². The highest BCUT2D eigenvalue weighted by Crippen LogP contribution is 2.23. The number of fused-ring (bicyclic) bond motifs is 2. The van der Waals surface area contributed by atoms with E-state index in [4.69, 9.17) is 0 Å². The van der Waals surface area contributed by atoms with Gasteiger partial charge in [0, 0.05) is 26.7 Å². The molecule has 1 aromatic heterocycles. The van der Waals surface area contributed by atoms with E-state index >= 15 is 0 Å². The molecule has 0 radical (unpaired) electrons. The summed E-state index contributed by atoms with van der Waals surface area (Å²) in [5, 5.41) is 11.2. The molecule has 166 valence electrons.